The van der Waals surface area contributed by atoms with Gasteiger partial charge in [-0.3, -0.25) is 4.68 Å². The van der Waals surface area contributed by atoms with Crippen molar-refractivity contribution in [2.24, 2.45) is 7.05 Å². The van der Waals surface area contributed by atoms with Gasteiger partial charge in [-0.25, -0.2) is 9.07 Å². The first-order chi connectivity index (χ1) is 18.7. The molecule has 0 saturated heterocycles. The first-order valence-corrected chi connectivity index (χ1v) is 11.9. The third-order valence-electron chi connectivity index (χ3n) is 5.86. The quantitative estimate of drug-likeness (QED) is 0.191. The van der Waals surface area contributed by atoms with Crippen molar-refractivity contribution in [1.29, 1.82) is 0 Å². The van der Waals surface area contributed by atoms with Crippen LogP contribution in [0.2, 0.25) is 10.2 Å². The van der Waals surface area contributed by atoms with Gasteiger partial charge in [0.25, 0.3) is 0 Å². The zero-order valence-corrected chi connectivity index (χ0v) is 21.4. The molecule has 12 nitrogen and oxygen atoms in total. The summed E-state index contributed by atoms with van der Waals surface area (Å²) in [4.78, 5) is 0. The summed E-state index contributed by atoms with van der Waals surface area (Å²) < 4.78 is 49.6. The van der Waals surface area contributed by atoms with Gasteiger partial charge in [0, 0.05) is 31.3 Å². The van der Waals surface area contributed by atoms with Crippen molar-refractivity contribution in [3.8, 4) is 28.1 Å². The van der Waals surface area contributed by atoms with E-state index < -0.39 is 18.5 Å². The third kappa shape index (κ3) is 5.28. The maximum atomic E-state index is 15.2. The van der Waals surface area contributed by atoms with Crippen LogP contribution in [0.5, 0.6) is 0 Å². The SMILES string of the molecule is Cn1nnc(Cl)c1-c1cnn([C@H](CCOC(F)F)c2ccc(-c3c(-n4cnnn4)ccc(Cl)c3F)c[n+]2[O-])c1. The van der Waals surface area contributed by atoms with Gasteiger partial charge in [-0.05, 0) is 28.6 Å². The molecular weight excluding hydrogens is 564 g/mol. The fraction of sp³-hybridized carbons (Fsp3) is 0.227. The van der Waals surface area contributed by atoms with Gasteiger partial charge in [0.05, 0.1) is 34.6 Å². The lowest BCUT2D eigenvalue weighted by Gasteiger charge is -2.18. The Labute approximate surface area is 227 Å². The molecule has 0 aliphatic heterocycles. The summed E-state index contributed by atoms with van der Waals surface area (Å²) in [6, 6.07) is 4.95. The Kier molecular flexibility index (Phi) is 7.45. The Hall–Kier alpha value is -4.08. The summed E-state index contributed by atoms with van der Waals surface area (Å²) >= 11 is 12.2. The van der Waals surface area contributed by atoms with E-state index in [4.69, 9.17) is 23.2 Å². The molecule has 4 heterocycles. The highest BCUT2D eigenvalue weighted by molar-refractivity contribution is 6.31. The van der Waals surface area contributed by atoms with Crippen LogP contribution in [0.25, 0.3) is 28.1 Å². The Morgan fingerprint density at radius 3 is 2.62 bits per heavy atom. The topological polar surface area (TPSA) is 128 Å². The lowest BCUT2D eigenvalue weighted by atomic mass is 10.0. The van der Waals surface area contributed by atoms with Crippen LogP contribution in [0.3, 0.4) is 0 Å². The zero-order chi connectivity index (χ0) is 27.7. The molecule has 5 rings (SSSR count). The maximum absolute atomic E-state index is 15.2. The number of hydrogen-bond donors (Lipinski definition) is 0. The number of rotatable bonds is 9. The van der Waals surface area contributed by atoms with Gasteiger partial charge in [0.15, 0.2) is 17.2 Å². The summed E-state index contributed by atoms with van der Waals surface area (Å²) in [5.41, 5.74) is 1.55. The number of ether oxygens (including phenoxy) is 1. The van der Waals surface area contributed by atoms with E-state index in [0.29, 0.717) is 16.0 Å². The molecule has 0 aliphatic carbocycles. The van der Waals surface area contributed by atoms with Gasteiger partial charge in [0.2, 0.25) is 5.69 Å². The van der Waals surface area contributed by atoms with E-state index in [-0.39, 0.29) is 45.7 Å². The minimum absolute atomic E-state index is 0.0109. The van der Waals surface area contributed by atoms with Crippen LogP contribution in [-0.4, -0.2) is 58.2 Å². The van der Waals surface area contributed by atoms with E-state index in [0.717, 1.165) is 6.20 Å². The second-order valence-corrected chi connectivity index (χ2v) is 8.94. The minimum Gasteiger partial charge on any atom is -0.618 e. The van der Waals surface area contributed by atoms with Gasteiger partial charge in [0.1, 0.15) is 18.1 Å². The standard InChI is InChI=1S/C22H17Cl2F3N10O2/c1-34-20(21(24)30-32-34)13-8-29-35(9-13)15(6-7-39-22(26)27)16-4-2-12(10-37(16)38)18-17(36-11-28-31-33-36)5-3-14(23)19(18)25/h2-5,8-11,15,22H,6-7H2,1H3/t15-/m1/s1. The van der Waals surface area contributed by atoms with Gasteiger partial charge < -0.3 is 9.94 Å². The summed E-state index contributed by atoms with van der Waals surface area (Å²) in [6.45, 7) is -3.37. The largest absolute Gasteiger partial charge is 0.618 e. The molecule has 1 aromatic carbocycles. The number of aryl methyl sites for hydroxylation is 1. The molecule has 17 heteroatoms. The van der Waals surface area contributed by atoms with E-state index in [1.807, 2.05) is 0 Å². The second-order valence-electron chi connectivity index (χ2n) is 8.18. The molecule has 4 aromatic heterocycles. The molecule has 0 spiro atoms. The molecule has 0 unspecified atom stereocenters. The highest BCUT2D eigenvalue weighted by Gasteiger charge is 2.27. The maximum Gasteiger partial charge on any atom is 0.345 e. The monoisotopic (exact) mass is 580 g/mol. The first-order valence-electron chi connectivity index (χ1n) is 11.2. The summed E-state index contributed by atoms with van der Waals surface area (Å²) in [5, 5.41) is 36.1. The number of nitrogens with zero attached hydrogens (tertiary/aromatic N) is 10. The van der Waals surface area contributed by atoms with Crippen molar-refractivity contribution in [3.05, 3.63) is 76.1 Å². The van der Waals surface area contributed by atoms with Crippen LogP contribution >= 0.6 is 23.2 Å². The van der Waals surface area contributed by atoms with Crippen molar-refractivity contribution in [1.82, 2.24) is 45.0 Å². The van der Waals surface area contributed by atoms with Gasteiger partial charge in [-0.1, -0.05) is 28.4 Å². The molecule has 0 amide bonds. The van der Waals surface area contributed by atoms with Crippen molar-refractivity contribution in [2.45, 2.75) is 19.1 Å². The van der Waals surface area contributed by atoms with E-state index in [9.17, 15) is 14.0 Å². The number of aromatic nitrogens is 10. The smallest absolute Gasteiger partial charge is 0.345 e. The van der Waals surface area contributed by atoms with Crippen LogP contribution in [0.4, 0.5) is 13.2 Å². The Bertz CT molecular complexity index is 1590. The van der Waals surface area contributed by atoms with Crippen molar-refractivity contribution in [3.63, 3.8) is 0 Å². The van der Waals surface area contributed by atoms with Gasteiger partial charge >= 0.3 is 6.61 Å². The van der Waals surface area contributed by atoms with E-state index >= 15 is 4.39 Å². The number of halogens is 5. The molecular formula is C22H17Cl2F3N10O2. The van der Waals surface area contributed by atoms with Crippen LogP contribution in [-0.2, 0) is 11.8 Å². The van der Waals surface area contributed by atoms with E-state index in [2.05, 4.69) is 35.7 Å². The fourth-order valence-electron chi connectivity index (χ4n) is 4.13. The van der Waals surface area contributed by atoms with Crippen molar-refractivity contribution >= 4 is 23.2 Å². The molecule has 0 radical (unpaired) electrons. The Balaban J connectivity index is 1.55. The Morgan fingerprint density at radius 1 is 1.13 bits per heavy atom. The van der Waals surface area contributed by atoms with E-state index in [1.54, 1.807) is 13.2 Å². The predicted octanol–water partition coefficient (Wildman–Crippen LogP) is 3.62. The highest BCUT2D eigenvalue weighted by atomic mass is 35.5. The van der Waals surface area contributed by atoms with Crippen molar-refractivity contribution < 1.29 is 22.6 Å². The number of tetrazole rings is 1. The molecule has 39 heavy (non-hydrogen) atoms. The van der Waals surface area contributed by atoms with Gasteiger partial charge in [-0.2, -0.15) is 23.3 Å². The number of hydrogen-bond acceptors (Lipinski definition) is 8. The summed E-state index contributed by atoms with van der Waals surface area (Å²) in [6.07, 6.45) is 5.44. The molecule has 1 atom stereocenters. The predicted molar refractivity (Wildman–Crippen MR) is 130 cm³/mol. The molecule has 0 fully saturated rings. The lowest BCUT2D eigenvalue weighted by molar-refractivity contribution is -0.615. The molecule has 0 N–H and O–H groups in total. The molecule has 0 bridgehead atoms. The lowest BCUT2D eigenvalue weighted by Crippen LogP contribution is -2.36. The molecule has 0 saturated carbocycles. The fourth-order valence-corrected chi connectivity index (χ4v) is 4.55. The highest BCUT2D eigenvalue weighted by Crippen LogP contribution is 2.34. The zero-order valence-electron chi connectivity index (χ0n) is 19.9. The second kappa shape index (κ2) is 11.0. The average Bonchev–Trinajstić information content (AvgIpc) is 3.66. The van der Waals surface area contributed by atoms with Crippen molar-refractivity contribution in [2.75, 3.05) is 6.61 Å². The minimum atomic E-state index is -2.99. The average molecular weight is 581 g/mol. The number of alkyl halides is 2. The van der Waals surface area contributed by atoms with Crippen LogP contribution in [0, 0.1) is 11.0 Å². The van der Waals surface area contributed by atoms with Crippen LogP contribution in [0.15, 0.2) is 49.2 Å². The third-order valence-corrected chi connectivity index (χ3v) is 6.40. The van der Waals surface area contributed by atoms with Crippen LogP contribution in [0.1, 0.15) is 18.2 Å². The summed E-state index contributed by atoms with van der Waals surface area (Å²) in [7, 11) is 1.64. The Morgan fingerprint density at radius 2 is 1.95 bits per heavy atom. The normalized spacial score (nSPS) is 12.4. The first kappa shape index (κ1) is 26.5. The number of pyridine rings is 1. The van der Waals surface area contributed by atoms with E-state index in [1.165, 1.54) is 50.8 Å². The summed E-state index contributed by atoms with van der Waals surface area (Å²) in [5.74, 6) is -0.780. The molecule has 5 aromatic rings. The van der Waals surface area contributed by atoms with Crippen LogP contribution < -0.4 is 4.73 Å². The number of benzene rings is 1. The molecule has 202 valence electrons. The van der Waals surface area contributed by atoms with Gasteiger partial charge in [-0.15, -0.1) is 10.2 Å². The molecule has 0 aliphatic rings.